The Morgan fingerprint density at radius 3 is 2.26 bits per heavy atom. The molecule has 0 atom stereocenters. The van der Waals surface area contributed by atoms with Gasteiger partial charge in [-0.2, -0.15) is 0 Å². The molecular formula is C15H27N3O. The number of rotatable bonds is 9. The summed E-state index contributed by atoms with van der Waals surface area (Å²) in [6.45, 7) is 8.26. The van der Waals surface area contributed by atoms with E-state index in [1.807, 2.05) is 18.2 Å². The van der Waals surface area contributed by atoms with Crippen LogP contribution in [0, 0.1) is 5.41 Å². The molecule has 0 radical (unpaired) electrons. The van der Waals surface area contributed by atoms with Crippen molar-refractivity contribution in [2.45, 2.75) is 40.0 Å². The number of pyridine rings is 1. The minimum absolute atomic E-state index is 0.0471. The third-order valence-electron chi connectivity index (χ3n) is 3.79. The van der Waals surface area contributed by atoms with Crippen LogP contribution in [0.3, 0.4) is 0 Å². The van der Waals surface area contributed by atoms with Gasteiger partial charge in [0.1, 0.15) is 11.6 Å². The molecule has 1 rings (SSSR count). The van der Waals surface area contributed by atoms with Gasteiger partial charge >= 0.3 is 0 Å². The lowest BCUT2D eigenvalue weighted by atomic mass is 9.83. The predicted octanol–water partition coefficient (Wildman–Crippen LogP) is 3.11. The zero-order chi connectivity index (χ0) is 14.1. The van der Waals surface area contributed by atoms with Crippen LogP contribution in [0.15, 0.2) is 18.2 Å². The van der Waals surface area contributed by atoms with Crippen LogP contribution in [0.1, 0.15) is 40.0 Å². The van der Waals surface area contributed by atoms with Crippen LogP contribution in [0.25, 0.3) is 0 Å². The Bertz CT molecular complexity index is 356. The fourth-order valence-corrected chi connectivity index (χ4v) is 1.94. The fraction of sp³-hybridized carbons (Fsp3) is 0.667. The van der Waals surface area contributed by atoms with Gasteiger partial charge in [0.2, 0.25) is 0 Å². The molecule has 0 bridgehead atoms. The van der Waals surface area contributed by atoms with Gasteiger partial charge in [0.15, 0.2) is 0 Å². The van der Waals surface area contributed by atoms with Crippen molar-refractivity contribution in [2.75, 3.05) is 30.3 Å². The van der Waals surface area contributed by atoms with Crippen LogP contribution in [-0.4, -0.2) is 29.8 Å². The Kier molecular flexibility index (Phi) is 6.64. The molecule has 0 amide bonds. The normalized spacial score (nSPS) is 11.4. The minimum Gasteiger partial charge on any atom is -0.396 e. The smallest absolute Gasteiger partial charge is 0.128 e. The van der Waals surface area contributed by atoms with Gasteiger partial charge in [-0.25, -0.2) is 4.98 Å². The Morgan fingerprint density at radius 1 is 1.11 bits per heavy atom. The molecule has 4 heteroatoms. The second-order valence-electron chi connectivity index (χ2n) is 5.05. The first-order valence-corrected chi connectivity index (χ1v) is 7.25. The Morgan fingerprint density at radius 2 is 1.74 bits per heavy atom. The maximum absolute atomic E-state index is 9.55. The summed E-state index contributed by atoms with van der Waals surface area (Å²) in [5.41, 5.74) is -0.0471. The van der Waals surface area contributed by atoms with E-state index in [0.29, 0.717) is 0 Å². The van der Waals surface area contributed by atoms with E-state index in [9.17, 15) is 5.11 Å². The molecule has 0 fully saturated rings. The number of aromatic nitrogens is 1. The zero-order valence-electron chi connectivity index (χ0n) is 12.4. The lowest BCUT2D eigenvalue weighted by Gasteiger charge is -2.29. The highest BCUT2D eigenvalue weighted by atomic mass is 16.3. The zero-order valence-corrected chi connectivity index (χ0v) is 12.4. The van der Waals surface area contributed by atoms with Crippen molar-refractivity contribution < 1.29 is 5.11 Å². The van der Waals surface area contributed by atoms with E-state index in [4.69, 9.17) is 0 Å². The van der Waals surface area contributed by atoms with E-state index in [0.717, 1.165) is 44.0 Å². The molecule has 19 heavy (non-hydrogen) atoms. The summed E-state index contributed by atoms with van der Waals surface area (Å²) < 4.78 is 0. The van der Waals surface area contributed by atoms with Crippen molar-refractivity contribution in [1.82, 2.24) is 4.98 Å². The quantitative estimate of drug-likeness (QED) is 0.642. The number of nitrogens with zero attached hydrogens (tertiary/aromatic N) is 1. The van der Waals surface area contributed by atoms with E-state index in [2.05, 4.69) is 36.4 Å². The van der Waals surface area contributed by atoms with Gasteiger partial charge in [-0.1, -0.05) is 26.8 Å². The maximum Gasteiger partial charge on any atom is 0.128 e. The Labute approximate surface area is 116 Å². The van der Waals surface area contributed by atoms with Gasteiger partial charge in [0.05, 0.1) is 6.61 Å². The average molecular weight is 265 g/mol. The van der Waals surface area contributed by atoms with Gasteiger partial charge < -0.3 is 15.7 Å². The van der Waals surface area contributed by atoms with Gasteiger partial charge in [0, 0.05) is 18.5 Å². The molecule has 1 aromatic rings. The Balaban J connectivity index is 2.61. The molecular weight excluding hydrogens is 238 g/mol. The molecule has 1 aromatic heterocycles. The molecule has 0 aliphatic carbocycles. The molecule has 0 aliphatic rings. The van der Waals surface area contributed by atoms with Gasteiger partial charge in [-0.05, 0) is 31.4 Å². The highest BCUT2D eigenvalue weighted by Crippen LogP contribution is 2.26. The van der Waals surface area contributed by atoms with Crippen molar-refractivity contribution in [3.05, 3.63) is 18.2 Å². The number of aliphatic hydroxyl groups is 1. The summed E-state index contributed by atoms with van der Waals surface area (Å²) in [4.78, 5) is 4.51. The molecule has 0 saturated heterocycles. The lowest BCUT2D eigenvalue weighted by molar-refractivity contribution is 0.127. The third-order valence-corrected chi connectivity index (χ3v) is 3.79. The number of hydrogen-bond donors (Lipinski definition) is 3. The van der Waals surface area contributed by atoms with Gasteiger partial charge in [0.25, 0.3) is 0 Å². The molecule has 1 heterocycles. The summed E-state index contributed by atoms with van der Waals surface area (Å²) in [6.07, 6.45) is 3.00. The molecule has 0 spiro atoms. The molecule has 108 valence electrons. The van der Waals surface area contributed by atoms with Crippen molar-refractivity contribution >= 4 is 11.6 Å². The van der Waals surface area contributed by atoms with Crippen LogP contribution in [0.2, 0.25) is 0 Å². The van der Waals surface area contributed by atoms with Gasteiger partial charge in [-0.3, -0.25) is 0 Å². The van der Waals surface area contributed by atoms with E-state index in [1.54, 1.807) is 0 Å². The van der Waals surface area contributed by atoms with Crippen molar-refractivity contribution in [3.8, 4) is 0 Å². The Hall–Kier alpha value is -1.29. The first kappa shape index (κ1) is 15.8. The van der Waals surface area contributed by atoms with Crippen molar-refractivity contribution in [3.63, 3.8) is 0 Å². The summed E-state index contributed by atoms with van der Waals surface area (Å²) in [7, 11) is 0. The number of anilines is 2. The summed E-state index contributed by atoms with van der Waals surface area (Å²) in [6, 6.07) is 5.93. The van der Waals surface area contributed by atoms with Crippen LogP contribution in [0.4, 0.5) is 11.6 Å². The van der Waals surface area contributed by atoms with E-state index >= 15 is 0 Å². The van der Waals surface area contributed by atoms with Crippen LogP contribution >= 0.6 is 0 Å². The minimum atomic E-state index is -0.0471. The topological polar surface area (TPSA) is 57.2 Å². The van der Waals surface area contributed by atoms with Crippen molar-refractivity contribution in [2.24, 2.45) is 5.41 Å². The summed E-state index contributed by atoms with van der Waals surface area (Å²) >= 11 is 0. The van der Waals surface area contributed by atoms with Crippen molar-refractivity contribution in [1.29, 1.82) is 0 Å². The first-order chi connectivity index (χ1) is 9.19. The van der Waals surface area contributed by atoms with E-state index in [-0.39, 0.29) is 12.0 Å². The third kappa shape index (κ3) is 4.71. The monoisotopic (exact) mass is 265 g/mol. The largest absolute Gasteiger partial charge is 0.396 e. The van der Waals surface area contributed by atoms with Crippen LogP contribution in [0.5, 0.6) is 0 Å². The number of hydrogen-bond acceptors (Lipinski definition) is 4. The van der Waals surface area contributed by atoms with E-state index < -0.39 is 0 Å². The second kappa shape index (κ2) is 8.00. The van der Waals surface area contributed by atoms with E-state index in [1.165, 1.54) is 0 Å². The summed E-state index contributed by atoms with van der Waals surface area (Å²) in [5, 5.41) is 16.2. The SMILES string of the molecule is CCCNc1cccc(NCC(CC)(CC)CO)n1. The fourth-order valence-electron chi connectivity index (χ4n) is 1.94. The molecule has 0 aliphatic heterocycles. The molecule has 0 saturated carbocycles. The lowest BCUT2D eigenvalue weighted by Crippen LogP contribution is -2.32. The first-order valence-electron chi connectivity index (χ1n) is 7.25. The van der Waals surface area contributed by atoms with Crippen LogP contribution in [-0.2, 0) is 0 Å². The maximum atomic E-state index is 9.55. The van der Waals surface area contributed by atoms with Crippen LogP contribution < -0.4 is 10.6 Å². The number of aliphatic hydroxyl groups excluding tert-OH is 1. The predicted molar refractivity (Wildman–Crippen MR) is 81.6 cm³/mol. The summed E-state index contributed by atoms with van der Waals surface area (Å²) in [5.74, 6) is 1.76. The average Bonchev–Trinajstić information content (AvgIpc) is 2.47. The molecule has 0 aromatic carbocycles. The standard InChI is InChI=1S/C15H27N3O/c1-4-10-16-13-8-7-9-14(18-13)17-11-15(5-2,6-3)12-19/h7-9,19H,4-6,10-12H2,1-3H3,(H2,16,17,18). The highest BCUT2D eigenvalue weighted by Gasteiger charge is 2.24. The molecule has 0 unspecified atom stereocenters. The molecule has 3 N–H and O–H groups in total. The second-order valence-corrected chi connectivity index (χ2v) is 5.05. The van der Waals surface area contributed by atoms with Gasteiger partial charge in [-0.15, -0.1) is 0 Å². The number of nitrogens with one attached hydrogen (secondary N) is 2. The molecule has 4 nitrogen and oxygen atoms in total. The highest BCUT2D eigenvalue weighted by molar-refractivity contribution is 5.45.